The number of carbonyl (C=O) groups is 1. The lowest BCUT2D eigenvalue weighted by atomic mass is 10.1. The van der Waals surface area contributed by atoms with E-state index in [1.807, 2.05) is 0 Å². The molecule has 0 atom stereocenters. The van der Waals surface area contributed by atoms with Crippen molar-refractivity contribution in [1.29, 1.82) is 0 Å². The van der Waals surface area contributed by atoms with Crippen molar-refractivity contribution >= 4 is 5.78 Å². The van der Waals surface area contributed by atoms with E-state index in [9.17, 15) is 9.18 Å². The van der Waals surface area contributed by atoms with Gasteiger partial charge in [-0.2, -0.15) is 5.10 Å². The van der Waals surface area contributed by atoms with Gasteiger partial charge in [0.1, 0.15) is 18.2 Å². The zero-order valence-electron chi connectivity index (χ0n) is 12.0. The highest BCUT2D eigenvalue weighted by molar-refractivity contribution is 5.75. The van der Waals surface area contributed by atoms with E-state index in [1.165, 1.54) is 13.0 Å². The molecule has 2 aromatic rings. The van der Waals surface area contributed by atoms with Crippen LogP contribution in [0.3, 0.4) is 0 Å². The molecule has 106 valence electrons. The molecule has 1 heterocycles. The lowest BCUT2D eigenvalue weighted by Crippen LogP contribution is -2.11. The average molecular weight is 275 g/mol. The Balaban J connectivity index is 2.40. The van der Waals surface area contributed by atoms with Crippen LogP contribution in [-0.2, 0) is 17.8 Å². The quantitative estimate of drug-likeness (QED) is 0.843. The van der Waals surface area contributed by atoms with Gasteiger partial charge >= 0.3 is 0 Å². The van der Waals surface area contributed by atoms with Crippen molar-refractivity contribution in [1.82, 2.24) is 14.8 Å². The number of aryl methyl sites for hydroxylation is 2. The van der Waals surface area contributed by atoms with Gasteiger partial charge < -0.3 is 0 Å². The average Bonchev–Trinajstić information content (AvgIpc) is 2.76. The zero-order valence-corrected chi connectivity index (χ0v) is 12.0. The van der Waals surface area contributed by atoms with Crippen LogP contribution in [0.4, 0.5) is 4.39 Å². The van der Waals surface area contributed by atoms with E-state index >= 15 is 0 Å². The van der Waals surface area contributed by atoms with Crippen LogP contribution in [0, 0.1) is 12.7 Å². The first-order chi connectivity index (χ1) is 9.51. The lowest BCUT2D eigenvalue weighted by molar-refractivity contribution is -0.117. The van der Waals surface area contributed by atoms with Gasteiger partial charge in [-0.25, -0.2) is 14.1 Å². The maximum absolute atomic E-state index is 13.3. The first-order valence-corrected chi connectivity index (χ1v) is 6.71. The molecule has 1 aromatic heterocycles. The second-order valence-electron chi connectivity index (χ2n) is 4.93. The van der Waals surface area contributed by atoms with Gasteiger partial charge in [-0.1, -0.05) is 6.92 Å². The van der Waals surface area contributed by atoms with Crippen LogP contribution in [0.15, 0.2) is 18.2 Å². The summed E-state index contributed by atoms with van der Waals surface area (Å²) in [4.78, 5) is 15.7. The fraction of sp³-hybridized carbons (Fsp3) is 0.400. The summed E-state index contributed by atoms with van der Waals surface area (Å²) < 4.78 is 14.9. The number of ketones is 1. The van der Waals surface area contributed by atoms with Gasteiger partial charge in [-0.15, -0.1) is 0 Å². The molecule has 4 nitrogen and oxygen atoms in total. The Morgan fingerprint density at radius 3 is 2.75 bits per heavy atom. The van der Waals surface area contributed by atoms with Crippen LogP contribution < -0.4 is 0 Å². The fourth-order valence-electron chi connectivity index (χ4n) is 2.03. The molecule has 0 aliphatic rings. The second kappa shape index (κ2) is 5.94. The Morgan fingerprint density at radius 2 is 2.15 bits per heavy atom. The zero-order chi connectivity index (χ0) is 14.7. The molecule has 0 saturated heterocycles. The molecule has 0 fully saturated rings. The number of halogens is 1. The molecule has 0 unspecified atom stereocenters. The molecule has 1 aromatic carbocycles. The van der Waals surface area contributed by atoms with E-state index in [1.54, 1.807) is 23.7 Å². The summed E-state index contributed by atoms with van der Waals surface area (Å²) in [6, 6.07) is 4.79. The Morgan fingerprint density at radius 1 is 1.40 bits per heavy atom. The summed E-state index contributed by atoms with van der Waals surface area (Å²) in [5, 5.41) is 4.37. The second-order valence-corrected chi connectivity index (χ2v) is 4.93. The molecule has 0 spiro atoms. The van der Waals surface area contributed by atoms with E-state index < -0.39 is 0 Å². The van der Waals surface area contributed by atoms with Gasteiger partial charge in [-0.3, -0.25) is 4.79 Å². The van der Waals surface area contributed by atoms with E-state index in [4.69, 9.17) is 0 Å². The van der Waals surface area contributed by atoms with Crippen LogP contribution in [0.1, 0.15) is 31.7 Å². The van der Waals surface area contributed by atoms with Gasteiger partial charge in [0.2, 0.25) is 0 Å². The van der Waals surface area contributed by atoms with Crippen molar-refractivity contribution in [3.05, 3.63) is 35.4 Å². The van der Waals surface area contributed by atoms with Gasteiger partial charge in [0.05, 0.1) is 0 Å². The number of nitrogens with zero attached hydrogens (tertiary/aromatic N) is 3. The summed E-state index contributed by atoms with van der Waals surface area (Å²) in [6.45, 7) is 5.51. The maximum atomic E-state index is 13.3. The van der Waals surface area contributed by atoms with Gasteiger partial charge in [0, 0.05) is 12.0 Å². The highest BCUT2D eigenvalue weighted by atomic mass is 19.1. The highest BCUT2D eigenvalue weighted by Gasteiger charge is 2.13. The molecule has 20 heavy (non-hydrogen) atoms. The monoisotopic (exact) mass is 275 g/mol. The van der Waals surface area contributed by atoms with Gasteiger partial charge in [0.15, 0.2) is 11.6 Å². The smallest absolute Gasteiger partial charge is 0.181 e. The van der Waals surface area contributed by atoms with E-state index in [2.05, 4.69) is 17.0 Å². The summed E-state index contributed by atoms with van der Waals surface area (Å²) in [5.41, 5.74) is 1.33. The number of hydrogen-bond acceptors (Lipinski definition) is 3. The lowest BCUT2D eigenvalue weighted by Gasteiger charge is -2.01. The molecule has 2 rings (SSSR count). The predicted molar refractivity (Wildman–Crippen MR) is 74.8 cm³/mol. The maximum Gasteiger partial charge on any atom is 0.181 e. The van der Waals surface area contributed by atoms with E-state index in [-0.39, 0.29) is 18.1 Å². The number of carbonyl (C=O) groups excluding carboxylic acids is 1. The molecule has 0 saturated carbocycles. The molecular formula is C15H18FN3O. The largest absolute Gasteiger partial charge is 0.298 e. The summed E-state index contributed by atoms with van der Waals surface area (Å²) in [5.74, 6) is 1.12. The minimum atomic E-state index is -0.245. The third-order valence-electron chi connectivity index (χ3n) is 3.01. The number of rotatable bonds is 5. The number of hydrogen-bond donors (Lipinski definition) is 0. The van der Waals surface area contributed by atoms with Gasteiger partial charge in [0.25, 0.3) is 0 Å². The van der Waals surface area contributed by atoms with Crippen LogP contribution in [0.25, 0.3) is 11.4 Å². The van der Waals surface area contributed by atoms with Crippen molar-refractivity contribution in [3.8, 4) is 11.4 Å². The van der Waals surface area contributed by atoms with Crippen molar-refractivity contribution in [2.24, 2.45) is 0 Å². The number of benzene rings is 1. The normalized spacial score (nSPS) is 10.8. The molecule has 0 aliphatic carbocycles. The first-order valence-electron chi connectivity index (χ1n) is 6.71. The summed E-state index contributed by atoms with van der Waals surface area (Å²) in [6.07, 6.45) is 1.69. The highest BCUT2D eigenvalue weighted by Crippen LogP contribution is 2.19. The third kappa shape index (κ3) is 3.10. The Bertz CT molecular complexity index is 634. The van der Waals surface area contributed by atoms with Crippen LogP contribution >= 0.6 is 0 Å². The molecule has 0 radical (unpaired) electrons. The van der Waals surface area contributed by atoms with Crippen molar-refractivity contribution < 1.29 is 9.18 Å². The molecule has 0 N–H and O–H groups in total. The fourth-order valence-corrected chi connectivity index (χ4v) is 2.03. The number of aromatic nitrogens is 3. The molecular weight excluding hydrogens is 257 g/mol. The van der Waals surface area contributed by atoms with Crippen LogP contribution in [-0.4, -0.2) is 20.5 Å². The summed E-state index contributed by atoms with van der Waals surface area (Å²) >= 11 is 0. The van der Waals surface area contributed by atoms with Gasteiger partial charge in [-0.05, 0) is 44.0 Å². The standard InChI is InChI=1S/C15H18FN3O/c1-4-5-14-17-15(18-19(14)9-11(3)20)12-6-7-13(16)10(2)8-12/h6-8H,4-5,9H2,1-3H3. The molecule has 5 heteroatoms. The Labute approximate surface area is 117 Å². The van der Waals surface area contributed by atoms with Crippen molar-refractivity contribution in [3.63, 3.8) is 0 Å². The Hall–Kier alpha value is -2.04. The van der Waals surface area contributed by atoms with E-state index in [0.29, 0.717) is 11.4 Å². The van der Waals surface area contributed by atoms with Crippen LogP contribution in [0.2, 0.25) is 0 Å². The number of Topliss-reactive ketones (excluding diaryl/α,β-unsaturated/α-hetero) is 1. The predicted octanol–water partition coefficient (Wildman–Crippen LogP) is 2.93. The minimum Gasteiger partial charge on any atom is -0.298 e. The molecule has 0 amide bonds. The van der Waals surface area contributed by atoms with E-state index in [0.717, 1.165) is 24.2 Å². The van der Waals surface area contributed by atoms with Crippen LogP contribution in [0.5, 0.6) is 0 Å². The first kappa shape index (κ1) is 14.4. The third-order valence-corrected chi connectivity index (χ3v) is 3.01. The molecule has 0 aliphatic heterocycles. The topological polar surface area (TPSA) is 47.8 Å². The van der Waals surface area contributed by atoms with Crippen molar-refractivity contribution in [2.75, 3.05) is 0 Å². The van der Waals surface area contributed by atoms with Crippen molar-refractivity contribution in [2.45, 2.75) is 40.2 Å². The Kier molecular flexibility index (Phi) is 4.27. The SMILES string of the molecule is CCCc1nc(-c2ccc(F)c(C)c2)nn1CC(C)=O. The minimum absolute atomic E-state index is 0.0362. The molecule has 0 bridgehead atoms. The summed E-state index contributed by atoms with van der Waals surface area (Å²) in [7, 11) is 0.